The van der Waals surface area contributed by atoms with Crippen molar-refractivity contribution >= 4 is 11.0 Å². The van der Waals surface area contributed by atoms with E-state index in [1.165, 1.54) is 77.0 Å². The quantitative estimate of drug-likeness (QED) is 0.601. The van der Waals surface area contributed by atoms with Crippen LogP contribution in [0.2, 0.25) is 0 Å². The number of nitrogens with zero attached hydrogens (tertiary/aromatic N) is 2. The topological polar surface area (TPSA) is 8.81 Å². The summed E-state index contributed by atoms with van der Waals surface area (Å²) in [6.45, 7) is 0. The van der Waals surface area contributed by atoms with Crippen LogP contribution in [0.4, 0.5) is 0 Å². The van der Waals surface area contributed by atoms with Crippen molar-refractivity contribution in [3.63, 3.8) is 0 Å². The van der Waals surface area contributed by atoms with Gasteiger partial charge in [-0.1, -0.05) is 12.1 Å². The van der Waals surface area contributed by atoms with Gasteiger partial charge in [-0.3, -0.25) is 0 Å². The van der Waals surface area contributed by atoms with Crippen molar-refractivity contribution in [3.8, 4) is 0 Å². The molecule has 8 bridgehead atoms. The van der Waals surface area contributed by atoms with E-state index in [9.17, 15) is 0 Å². The molecular formula is C27H35BrN2. The standard InChI is InChI=1S/C27H35N2.BrH/c1-2-4-25-24(3-1)28(26-11-18-5-19(12-26)7-20(6-18)13-26)17-29(25)27-14-21-8-22(15-27)10-23(9-21)16-27;/h1-4,17-23H,5-16H2;1H/q+1;/p-1. The molecule has 160 valence electrons. The second-order valence-corrected chi connectivity index (χ2v) is 12.6. The third kappa shape index (κ3) is 2.39. The number of aromatic nitrogens is 2. The van der Waals surface area contributed by atoms with E-state index in [0.717, 1.165) is 35.5 Å². The van der Waals surface area contributed by atoms with Gasteiger partial charge in [0.25, 0.3) is 0 Å². The maximum absolute atomic E-state index is 2.85. The van der Waals surface area contributed by atoms with Gasteiger partial charge in [-0.05, 0) is 125 Å². The maximum Gasteiger partial charge on any atom is 0.245 e. The van der Waals surface area contributed by atoms with Crippen LogP contribution in [0.5, 0.6) is 0 Å². The number of hydrogen-bond acceptors (Lipinski definition) is 0. The minimum Gasteiger partial charge on any atom is -1.00 e. The highest BCUT2D eigenvalue weighted by Gasteiger charge is 2.58. The normalized spacial score (nSPS) is 47.7. The molecule has 30 heavy (non-hydrogen) atoms. The fourth-order valence-corrected chi connectivity index (χ4v) is 10.6. The predicted molar refractivity (Wildman–Crippen MR) is 114 cm³/mol. The summed E-state index contributed by atoms with van der Waals surface area (Å²) < 4.78 is 5.71. The van der Waals surface area contributed by atoms with Crippen molar-refractivity contribution in [2.75, 3.05) is 0 Å². The highest BCUT2D eigenvalue weighted by Crippen LogP contribution is 2.60. The SMILES string of the molecule is [Br-].c1ccc2c(c1)n(C13CC4CC(CC(C4)C1)C3)c[n+]2C12CC3CC(CC(C3)C1)C2. The molecule has 1 aromatic heterocycles. The molecule has 0 radical (unpaired) electrons. The van der Waals surface area contributed by atoms with E-state index >= 15 is 0 Å². The first-order valence-electron chi connectivity index (χ1n) is 12.7. The first-order valence-corrected chi connectivity index (χ1v) is 12.7. The summed E-state index contributed by atoms with van der Waals surface area (Å²) in [5, 5.41) is 0. The van der Waals surface area contributed by atoms with Gasteiger partial charge in [0.15, 0.2) is 11.0 Å². The molecule has 0 unspecified atom stereocenters. The van der Waals surface area contributed by atoms with E-state index in [4.69, 9.17) is 0 Å². The minimum absolute atomic E-state index is 0. The summed E-state index contributed by atoms with van der Waals surface area (Å²) in [7, 11) is 0. The van der Waals surface area contributed by atoms with Crippen LogP contribution < -0.4 is 21.5 Å². The first-order chi connectivity index (χ1) is 14.2. The Morgan fingerprint density at radius 1 is 0.667 bits per heavy atom. The highest BCUT2D eigenvalue weighted by atomic mass is 79.9. The smallest absolute Gasteiger partial charge is 0.245 e. The van der Waals surface area contributed by atoms with Gasteiger partial charge in [0, 0.05) is 0 Å². The average molecular weight is 467 g/mol. The second kappa shape index (κ2) is 6.15. The first kappa shape index (κ1) is 18.7. The molecule has 2 nitrogen and oxygen atoms in total. The largest absolute Gasteiger partial charge is 1.00 e. The van der Waals surface area contributed by atoms with Gasteiger partial charge in [0.05, 0.1) is 0 Å². The molecule has 1 aromatic carbocycles. The molecule has 0 aliphatic heterocycles. The van der Waals surface area contributed by atoms with Crippen LogP contribution in [0.15, 0.2) is 30.6 Å². The van der Waals surface area contributed by atoms with Gasteiger partial charge < -0.3 is 17.0 Å². The third-order valence-electron chi connectivity index (χ3n) is 10.7. The Labute approximate surface area is 191 Å². The average Bonchev–Trinajstić information content (AvgIpc) is 3.07. The van der Waals surface area contributed by atoms with Gasteiger partial charge >= 0.3 is 0 Å². The fraction of sp³-hybridized carbons (Fsp3) is 0.741. The zero-order valence-corrected chi connectivity index (χ0v) is 19.7. The van der Waals surface area contributed by atoms with E-state index in [2.05, 4.69) is 39.7 Å². The molecule has 0 N–H and O–H groups in total. The molecule has 0 saturated heterocycles. The van der Waals surface area contributed by atoms with Gasteiger partial charge in [-0.25, -0.2) is 9.13 Å². The van der Waals surface area contributed by atoms with Gasteiger partial charge in [0.1, 0.15) is 11.1 Å². The zero-order chi connectivity index (χ0) is 18.8. The van der Waals surface area contributed by atoms with E-state index in [1.807, 2.05) is 0 Å². The van der Waals surface area contributed by atoms with E-state index in [0.29, 0.717) is 11.1 Å². The van der Waals surface area contributed by atoms with Gasteiger partial charge in [0.2, 0.25) is 6.33 Å². The lowest BCUT2D eigenvalue weighted by Crippen LogP contribution is -3.00. The Morgan fingerprint density at radius 2 is 1.13 bits per heavy atom. The third-order valence-corrected chi connectivity index (χ3v) is 10.7. The number of imidazole rings is 1. The number of fused-ring (bicyclic) bond motifs is 1. The van der Waals surface area contributed by atoms with Crippen LogP contribution >= 0.6 is 0 Å². The monoisotopic (exact) mass is 466 g/mol. The van der Waals surface area contributed by atoms with Crippen molar-refractivity contribution in [1.82, 2.24) is 4.57 Å². The summed E-state index contributed by atoms with van der Waals surface area (Å²) in [5.74, 6) is 6.06. The van der Waals surface area contributed by atoms with Crippen molar-refractivity contribution in [1.29, 1.82) is 0 Å². The summed E-state index contributed by atoms with van der Waals surface area (Å²) in [4.78, 5) is 0. The van der Waals surface area contributed by atoms with Crippen molar-refractivity contribution in [3.05, 3.63) is 30.6 Å². The number of para-hydroxylation sites is 2. The molecule has 1 heterocycles. The fourth-order valence-electron chi connectivity index (χ4n) is 10.6. The lowest BCUT2D eigenvalue weighted by Gasteiger charge is -2.55. The number of halogens is 1. The van der Waals surface area contributed by atoms with Crippen molar-refractivity contribution in [2.24, 2.45) is 35.5 Å². The molecule has 8 aliphatic rings. The van der Waals surface area contributed by atoms with Gasteiger partial charge in [-0.15, -0.1) is 0 Å². The number of benzene rings is 1. The minimum atomic E-state index is 0. The van der Waals surface area contributed by atoms with Gasteiger partial charge in [-0.2, -0.15) is 0 Å². The maximum atomic E-state index is 2.85. The van der Waals surface area contributed by atoms with E-state index in [-0.39, 0.29) is 17.0 Å². The lowest BCUT2D eigenvalue weighted by atomic mass is 9.52. The second-order valence-electron chi connectivity index (χ2n) is 12.6. The highest BCUT2D eigenvalue weighted by molar-refractivity contribution is 5.72. The van der Waals surface area contributed by atoms with Crippen LogP contribution in [0.3, 0.4) is 0 Å². The molecule has 0 spiro atoms. The Morgan fingerprint density at radius 3 is 1.67 bits per heavy atom. The van der Waals surface area contributed by atoms with Crippen molar-refractivity contribution < 1.29 is 21.5 Å². The summed E-state index contributed by atoms with van der Waals surface area (Å²) in [5.41, 5.74) is 3.96. The molecule has 8 aliphatic carbocycles. The van der Waals surface area contributed by atoms with E-state index < -0.39 is 0 Å². The van der Waals surface area contributed by atoms with E-state index in [1.54, 1.807) is 11.0 Å². The Hall–Kier alpha value is -0.830. The molecular weight excluding hydrogens is 432 g/mol. The molecule has 8 saturated carbocycles. The molecule has 3 heteroatoms. The summed E-state index contributed by atoms with van der Waals surface area (Å²) >= 11 is 0. The van der Waals surface area contributed by atoms with Crippen LogP contribution in [-0.4, -0.2) is 4.57 Å². The Balaban J connectivity index is 0.00000162. The van der Waals surface area contributed by atoms with Crippen LogP contribution in [0.1, 0.15) is 77.0 Å². The molecule has 0 amide bonds. The van der Waals surface area contributed by atoms with Crippen LogP contribution in [0.25, 0.3) is 11.0 Å². The molecule has 10 rings (SSSR count). The lowest BCUT2D eigenvalue weighted by molar-refractivity contribution is -0.755. The van der Waals surface area contributed by atoms with Crippen molar-refractivity contribution in [2.45, 2.75) is 88.1 Å². The molecule has 0 atom stereocenters. The number of hydrogen-bond donors (Lipinski definition) is 0. The Kier molecular flexibility index (Phi) is 3.83. The molecule has 8 fully saturated rings. The summed E-state index contributed by atoms with van der Waals surface area (Å²) in [6.07, 6.45) is 20.6. The molecule has 2 aromatic rings. The zero-order valence-electron chi connectivity index (χ0n) is 18.1. The summed E-state index contributed by atoms with van der Waals surface area (Å²) in [6, 6.07) is 9.49. The predicted octanol–water partition coefficient (Wildman–Crippen LogP) is 2.78. The Bertz CT molecular complexity index is 855. The van der Waals surface area contributed by atoms with Crippen LogP contribution in [-0.2, 0) is 11.1 Å². The number of rotatable bonds is 2. The van der Waals surface area contributed by atoms with Crippen LogP contribution in [0, 0.1) is 35.5 Å².